The van der Waals surface area contributed by atoms with E-state index in [4.69, 9.17) is 4.74 Å². The van der Waals surface area contributed by atoms with Gasteiger partial charge in [0.05, 0.1) is 0 Å². The molecule has 0 bridgehead atoms. The number of Topliss-reactive ketones (excluding diaryl/α,β-unsaturated/α-hetero) is 1. The summed E-state index contributed by atoms with van der Waals surface area (Å²) < 4.78 is 5.89. The summed E-state index contributed by atoms with van der Waals surface area (Å²) in [5.41, 5.74) is 2.34. The van der Waals surface area contributed by atoms with E-state index in [-0.39, 0.29) is 11.9 Å². The maximum Gasteiger partial charge on any atom is 0.192 e. The third kappa shape index (κ3) is 2.65. The first-order valence-electron chi connectivity index (χ1n) is 6.97. The van der Waals surface area contributed by atoms with Crippen LogP contribution in [0, 0.1) is 0 Å². The minimum Gasteiger partial charge on any atom is -0.485 e. The number of hydrogen-bond donors (Lipinski definition) is 0. The highest BCUT2D eigenvalue weighted by Crippen LogP contribution is 2.34. The van der Waals surface area contributed by atoms with Crippen LogP contribution in [-0.4, -0.2) is 11.9 Å². The van der Waals surface area contributed by atoms with Gasteiger partial charge in [0.15, 0.2) is 5.78 Å². The monoisotopic (exact) mass is 276 g/mol. The zero-order valence-electron chi connectivity index (χ0n) is 11.7. The molecule has 2 aromatic rings. The second kappa shape index (κ2) is 5.80. The Kier molecular flexibility index (Phi) is 3.69. The summed E-state index contributed by atoms with van der Waals surface area (Å²) >= 11 is 0. The van der Waals surface area contributed by atoms with Gasteiger partial charge in [-0.2, -0.15) is 0 Å². The number of ether oxygens (including phenoxy) is 1. The van der Waals surface area contributed by atoms with Crippen LogP contribution in [0.25, 0.3) is 5.76 Å². The van der Waals surface area contributed by atoms with Crippen molar-refractivity contribution in [2.24, 2.45) is 0 Å². The summed E-state index contributed by atoms with van der Waals surface area (Å²) in [6.07, 6.45) is 2.18. The largest absolute Gasteiger partial charge is 0.485 e. The minimum absolute atomic E-state index is 0.0267. The lowest BCUT2D eigenvalue weighted by atomic mass is 9.97. The average molecular weight is 276 g/mol. The van der Waals surface area contributed by atoms with E-state index in [2.05, 4.69) is 6.58 Å². The van der Waals surface area contributed by atoms with Crippen LogP contribution in [0.5, 0.6) is 0 Å². The Balaban J connectivity index is 2.03. The minimum atomic E-state index is -0.136. The lowest BCUT2D eigenvalue weighted by Gasteiger charge is -2.08. The summed E-state index contributed by atoms with van der Waals surface area (Å²) in [7, 11) is 0. The van der Waals surface area contributed by atoms with E-state index in [1.165, 1.54) is 0 Å². The molecule has 0 amide bonds. The molecule has 0 fully saturated rings. The van der Waals surface area contributed by atoms with E-state index in [1.807, 2.05) is 60.7 Å². The van der Waals surface area contributed by atoms with Crippen LogP contribution in [0.3, 0.4) is 0 Å². The summed E-state index contributed by atoms with van der Waals surface area (Å²) in [6.45, 7) is 3.77. The van der Waals surface area contributed by atoms with Crippen molar-refractivity contribution in [2.45, 2.75) is 12.5 Å². The number of rotatable bonds is 4. The summed E-state index contributed by atoms with van der Waals surface area (Å²) in [5, 5.41) is 0. The molecule has 2 heteroatoms. The van der Waals surface area contributed by atoms with Crippen molar-refractivity contribution in [1.82, 2.24) is 0 Å². The normalized spacial score (nSPS) is 17.4. The highest BCUT2D eigenvalue weighted by molar-refractivity contribution is 6.13. The molecule has 0 saturated carbocycles. The first-order valence-corrected chi connectivity index (χ1v) is 6.97. The van der Waals surface area contributed by atoms with Gasteiger partial charge in [-0.25, -0.2) is 0 Å². The molecule has 0 spiro atoms. The number of carbonyl (C=O) groups excluding carboxylic acids is 1. The zero-order valence-corrected chi connectivity index (χ0v) is 11.7. The Hall–Kier alpha value is -2.61. The summed E-state index contributed by atoms with van der Waals surface area (Å²) in [6, 6.07) is 19.1. The molecule has 1 heterocycles. The molecule has 1 aliphatic rings. The van der Waals surface area contributed by atoms with E-state index < -0.39 is 0 Å². The van der Waals surface area contributed by atoms with E-state index in [9.17, 15) is 4.79 Å². The molecule has 1 aliphatic heterocycles. The van der Waals surface area contributed by atoms with E-state index in [0.717, 1.165) is 11.1 Å². The van der Waals surface area contributed by atoms with Crippen molar-refractivity contribution in [3.63, 3.8) is 0 Å². The van der Waals surface area contributed by atoms with Crippen molar-refractivity contribution in [1.29, 1.82) is 0 Å². The molecule has 1 unspecified atom stereocenters. The quantitative estimate of drug-likeness (QED) is 0.616. The third-order valence-corrected chi connectivity index (χ3v) is 3.56. The molecule has 1 atom stereocenters. The van der Waals surface area contributed by atoms with Gasteiger partial charge < -0.3 is 4.74 Å². The van der Waals surface area contributed by atoms with Gasteiger partial charge in [-0.3, -0.25) is 4.79 Å². The highest BCUT2D eigenvalue weighted by atomic mass is 16.5. The Morgan fingerprint density at radius 1 is 1.05 bits per heavy atom. The van der Waals surface area contributed by atoms with Gasteiger partial charge in [-0.15, -0.1) is 0 Å². The second-order valence-corrected chi connectivity index (χ2v) is 4.96. The maximum absolute atomic E-state index is 12.7. The van der Waals surface area contributed by atoms with Crippen LogP contribution in [0.2, 0.25) is 0 Å². The Labute approximate surface area is 124 Å². The topological polar surface area (TPSA) is 26.3 Å². The van der Waals surface area contributed by atoms with Crippen LogP contribution >= 0.6 is 0 Å². The van der Waals surface area contributed by atoms with Gasteiger partial charge in [-0.1, -0.05) is 73.3 Å². The molecule has 0 N–H and O–H groups in total. The highest BCUT2D eigenvalue weighted by Gasteiger charge is 2.29. The molecular formula is C19H16O2. The van der Waals surface area contributed by atoms with Crippen LogP contribution in [-0.2, 0) is 4.74 Å². The van der Waals surface area contributed by atoms with Crippen molar-refractivity contribution >= 4 is 11.5 Å². The Morgan fingerprint density at radius 3 is 2.29 bits per heavy atom. The van der Waals surface area contributed by atoms with Crippen molar-refractivity contribution in [3.05, 3.63) is 90.0 Å². The molecule has 0 aromatic heterocycles. The third-order valence-electron chi connectivity index (χ3n) is 3.56. The first-order chi connectivity index (χ1) is 10.3. The lowest BCUT2D eigenvalue weighted by molar-refractivity contribution is 0.103. The van der Waals surface area contributed by atoms with Gasteiger partial charge >= 0.3 is 0 Å². The molecule has 0 saturated heterocycles. The molecule has 2 aromatic carbocycles. The molecular weight excluding hydrogens is 260 g/mol. The Morgan fingerprint density at radius 2 is 1.67 bits per heavy atom. The van der Waals surface area contributed by atoms with Gasteiger partial charge in [0.25, 0.3) is 0 Å². The first kappa shape index (κ1) is 13.4. The summed E-state index contributed by atoms with van der Waals surface area (Å²) in [5.74, 6) is 0.702. The fraction of sp³-hybridized carbons (Fsp3) is 0.105. The zero-order chi connectivity index (χ0) is 14.7. The lowest BCUT2D eigenvalue weighted by Crippen LogP contribution is -2.05. The molecule has 0 radical (unpaired) electrons. The SMILES string of the molecule is C=CC1CC(C(=O)c2ccccc2)=C(c2ccccc2)O1. The smallest absolute Gasteiger partial charge is 0.192 e. The van der Waals surface area contributed by atoms with Gasteiger partial charge in [0.2, 0.25) is 0 Å². The van der Waals surface area contributed by atoms with Gasteiger partial charge in [0.1, 0.15) is 11.9 Å². The predicted molar refractivity (Wildman–Crippen MR) is 83.8 cm³/mol. The second-order valence-electron chi connectivity index (χ2n) is 4.96. The van der Waals surface area contributed by atoms with E-state index in [1.54, 1.807) is 6.08 Å². The fourth-order valence-corrected chi connectivity index (χ4v) is 2.48. The maximum atomic E-state index is 12.7. The van der Waals surface area contributed by atoms with Crippen molar-refractivity contribution < 1.29 is 9.53 Å². The predicted octanol–water partition coefficient (Wildman–Crippen LogP) is 4.26. The van der Waals surface area contributed by atoms with Crippen LogP contribution in [0.1, 0.15) is 22.3 Å². The van der Waals surface area contributed by atoms with Crippen LogP contribution < -0.4 is 0 Å². The molecule has 0 aliphatic carbocycles. The van der Waals surface area contributed by atoms with Crippen LogP contribution in [0.4, 0.5) is 0 Å². The van der Waals surface area contributed by atoms with Gasteiger partial charge in [-0.05, 0) is 0 Å². The number of carbonyl (C=O) groups is 1. The molecule has 21 heavy (non-hydrogen) atoms. The van der Waals surface area contributed by atoms with E-state index >= 15 is 0 Å². The molecule has 3 rings (SSSR count). The summed E-state index contributed by atoms with van der Waals surface area (Å²) in [4.78, 5) is 12.7. The average Bonchev–Trinajstić information content (AvgIpc) is 3.00. The van der Waals surface area contributed by atoms with Crippen molar-refractivity contribution in [3.8, 4) is 0 Å². The molecule has 104 valence electrons. The standard InChI is InChI=1S/C19H16O2/c1-2-16-13-17(18(20)14-9-5-3-6-10-14)19(21-16)15-11-7-4-8-12-15/h2-12,16H,1,13H2. The van der Waals surface area contributed by atoms with Crippen molar-refractivity contribution in [2.75, 3.05) is 0 Å². The number of benzene rings is 2. The fourth-order valence-electron chi connectivity index (χ4n) is 2.48. The van der Waals surface area contributed by atoms with E-state index in [0.29, 0.717) is 17.7 Å². The van der Waals surface area contributed by atoms with Crippen LogP contribution in [0.15, 0.2) is 78.9 Å². The number of ketones is 1. The Bertz CT molecular complexity index is 684. The molecule has 2 nitrogen and oxygen atoms in total. The van der Waals surface area contributed by atoms with Gasteiger partial charge in [0, 0.05) is 23.1 Å². The number of hydrogen-bond acceptors (Lipinski definition) is 2.